The molecule has 1 aromatic heterocycles. The predicted octanol–water partition coefficient (Wildman–Crippen LogP) is 2.33. The quantitative estimate of drug-likeness (QED) is 0.736. The Labute approximate surface area is 116 Å². The summed E-state index contributed by atoms with van der Waals surface area (Å²) in [6.45, 7) is 0. The molecule has 3 rings (SSSR count). The lowest BCUT2D eigenvalue weighted by molar-refractivity contribution is 0.507. The van der Waals surface area contributed by atoms with E-state index >= 15 is 0 Å². The van der Waals surface area contributed by atoms with E-state index < -0.39 is 17.5 Å². The summed E-state index contributed by atoms with van der Waals surface area (Å²) in [6.07, 6.45) is 0. The van der Waals surface area contributed by atoms with Gasteiger partial charge in [-0.15, -0.1) is 5.10 Å². The van der Waals surface area contributed by atoms with E-state index in [1.807, 2.05) is 0 Å². The summed E-state index contributed by atoms with van der Waals surface area (Å²) in [5, 5.41) is 10.9. The first-order valence-electron chi connectivity index (χ1n) is 5.85. The van der Waals surface area contributed by atoms with E-state index in [-0.39, 0.29) is 17.2 Å². The van der Waals surface area contributed by atoms with E-state index in [0.29, 0.717) is 5.56 Å². The fourth-order valence-electron chi connectivity index (χ4n) is 1.90. The van der Waals surface area contributed by atoms with E-state index in [1.165, 1.54) is 18.2 Å². The highest BCUT2D eigenvalue weighted by Crippen LogP contribution is 2.23. The van der Waals surface area contributed by atoms with Gasteiger partial charge in [0.25, 0.3) is 0 Å². The Hall–Kier alpha value is -2.90. The minimum Gasteiger partial charge on any atom is -0.399 e. The Kier molecular flexibility index (Phi) is 3.05. The zero-order valence-electron chi connectivity index (χ0n) is 10.5. The minimum absolute atomic E-state index is 0.159. The van der Waals surface area contributed by atoms with Crippen LogP contribution < -0.4 is 5.73 Å². The van der Waals surface area contributed by atoms with Crippen molar-refractivity contribution in [3.8, 4) is 17.1 Å². The van der Waals surface area contributed by atoms with Gasteiger partial charge in [-0.1, -0.05) is 0 Å². The number of aromatic nitrogens is 4. The van der Waals surface area contributed by atoms with Crippen LogP contribution in [0.2, 0.25) is 0 Å². The number of nitrogen functional groups attached to an aromatic ring is 1. The monoisotopic (exact) mass is 291 g/mol. The van der Waals surface area contributed by atoms with Crippen LogP contribution in [0.25, 0.3) is 17.1 Å². The van der Waals surface area contributed by atoms with Crippen molar-refractivity contribution in [2.24, 2.45) is 0 Å². The smallest absolute Gasteiger partial charge is 0.187 e. The van der Waals surface area contributed by atoms with Gasteiger partial charge in [-0.05, 0) is 40.8 Å². The van der Waals surface area contributed by atoms with E-state index in [9.17, 15) is 13.2 Å². The van der Waals surface area contributed by atoms with Crippen LogP contribution in [0, 0.1) is 17.5 Å². The van der Waals surface area contributed by atoms with Gasteiger partial charge in [-0.3, -0.25) is 0 Å². The van der Waals surface area contributed by atoms with Crippen molar-refractivity contribution in [1.29, 1.82) is 0 Å². The van der Waals surface area contributed by atoms with Gasteiger partial charge in [0.1, 0.15) is 5.82 Å². The number of tetrazole rings is 1. The molecular formula is C13H8F3N5. The summed E-state index contributed by atoms with van der Waals surface area (Å²) in [6, 6.07) is 7.02. The predicted molar refractivity (Wildman–Crippen MR) is 68.9 cm³/mol. The van der Waals surface area contributed by atoms with Crippen LogP contribution in [0.4, 0.5) is 18.9 Å². The molecule has 0 bridgehead atoms. The standard InChI is InChI=1S/C13H8F3N5/c14-8-3-7(4-9(17)5-8)13-18-19-20-21(13)10-1-2-11(15)12(16)6-10/h1-6H,17H2. The number of nitrogens with two attached hydrogens (primary N) is 1. The van der Waals surface area contributed by atoms with Gasteiger partial charge in [0.2, 0.25) is 0 Å². The van der Waals surface area contributed by atoms with Crippen LogP contribution in [-0.2, 0) is 0 Å². The molecule has 0 unspecified atom stereocenters. The van der Waals surface area contributed by atoms with Crippen molar-refractivity contribution < 1.29 is 13.2 Å². The number of hydrogen-bond acceptors (Lipinski definition) is 4. The summed E-state index contributed by atoms with van der Waals surface area (Å²) in [5.41, 5.74) is 6.30. The Morgan fingerprint density at radius 3 is 2.48 bits per heavy atom. The van der Waals surface area contributed by atoms with Crippen LogP contribution in [-0.4, -0.2) is 20.2 Å². The summed E-state index contributed by atoms with van der Waals surface area (Å²) < 4.78 is 40.8. The number of hydrogen-bond donors (Lipinski definition) is 1. The molecule has 0 saturated carbocycles. The van der Waals surface area contributed by atoms with Crippen molar-refractivity contribution in [2.45, 2.75) is 0 Å². The molecule has 2 N–H and O–H groups in total. The fourth-order valence-corrected chi connectivity index (χ4v) is 1.90. The molecule has 5 nitrogen and oxygen atoms in total. The first-order valence-corrected chi connectivity index (χ1v) is 5.85. The van der Waals surface area contributed by atoms with Crippen molar-refractivity contribution in [3.05, 3.63) is 53.8 Å². The summed E-state index contributed by atoms with van der Waals surface area (Å²) >= 11 is 0. The third kappa shape index (κ3) is 2.42. The topological polar surface area (TPSA) is 69.6 Å². The normalized spacial score (nSPS) is 10.8. The number of rotatable bonds is 2. The molecule has 0 saturated heterocycles. The molecule has 0 aliphatic heterocycles. The number of halogens is 3. The van der Waals surface area contributed by atoms with Crippen LogP contribution in [0.3, 0.4) is 0 Å². The van der Waals surface area contributed by atoms with Gasteiger partial charge in [0, 0.05) is 17.3 Å². The Balaban J connectivity index is 2.14. The molecule has 0 fully saturated rings. The van der Waals surface area contributed by atoms with Gasteiger partial charge >= 0.3 is 0 Å². The largest absolute Gasteiger partial charge is 0.399 e. The molecule has 0 aliphatic rings. The Bertz CT molecular complexity index is 795. The molecule has 8 heteroatoms. The molecule has 1 heterocycles. The van der Waals surface area contributed by atoms with Crippen molar-refractivity contribution in [2.75, 3.05) is 5.73 Å². The first kappa shape index (κ1) is 13.1. The molecule has 2 aromatic carbocycles. The molecule has 106 valence electrons. The SMILES string of the molecule is Nc1cc(F)cc(-c2nnnn2-c2ccc(F)c(F)c2)c1. The maximum Gasteiger partial charge on any atom is 0.187 e. The zero-order valence-corrected chi connectivity index (χ0v) is 10.5. The molecule has 0 aliphatic carbocycles. The Morgan fingerprint density at radius 2 is 1.76 bits per heavy atom. The lowest BCUT2D eigenvalue weighted by Crippen LogP contribution is -2.02. The third-order valence-corrected chi connectivity index (χ3v) is 2.80. The summed E-state index contributed by atoms with van der Waals surface area (Å²) in [5.74, 6) is -2.41. The van der Waals surface area contributed by atoms with Crippen molar-refractivity contribution in [1.82, 2.24) is 20.2 Å². The Morgan fingerprint density at radius 1 is 0.952 bits per heavy atom. The van der Waals surface area contributed by atoms with Gasteiger partial charge in [-0.25, -0.2) is 13.2 Å². The van der Waals surface area contributed by atoms with Crippen LogP contribution in [0.1, 0.15) is 0 Å². The highest BCUT2D eigenvalue weighted by atomic mass is 19.2. The van der Waals surface area contributed by atoms with E-state index in [1.54, 1.807) is 0 Å². The van der Waals surface area contributed by atoms with Crippen LogP contribution in [0.15, 0.2) is 36.4 Å². The maximum absolute atomic E-state index is 13.4. The van der Waals surface area contributed by atoms with Gasteiger partial charge in [0.15, 0.2) is 17.5 Å². The summed E-state index contributed by atoms with van der Waals surface area (Å²) in [4.78, 5) is 0. The van der Waals surface area contributed by atoms with Crippen molar-refractivity contribution >= 4 is 5.69 Å². The summed E-state index contributed by atoms with van der Waals surface area (Å²) in [7, 11) is 0. The molecule has 0 spiro atoms. The highest BCUT2D eigenvalue weighted by Gasteiger charge is 2.14. The molecular weight excluding hydrogens is 283 g/mol. The van der Waals surface area contributed by atoms with Gasteiger partial charge in [0.05, 0.1) is 5.69 Å². The van der Waals surface area contributed by atoms with E-state index in [2.05, 4.69) is 15.5 Å². The number of nitrogens with zero attached hydrogens (tertiary/aromatic N) is 4. The van der Waals surface area contributed by atoms with Crippen LogP contribution in [0.5, 0.6) is 0 Å². The molecule has 21 heavy (non-hydrogen) atoms. The second-order valence-electron chi connectivity index (χ2n) is 4.29. The number of anilines is 1. The average Bonchev–Trinajstić information content (AvgIpc) is 2.90. The minimum atomic E-state index is -1.03. The number of benzene rings is 2. The highest BCUT2D eigenvalue weighted by molar-refractivity contribution is 5.62. The lowest BCUT2D eigenvalue weighted by atomic mass is 10.2. The third-order valence-electron chi connectivity index (χ3n) is 2.80. The second-order valence-corrected chi connectivity index (χ2v) is 4.29. The fraction of sp³-hybridized carbons (Fsp3) is 0. The zero-order chi connectivity index (χ0) is 15.0. The van der Waals surface area contributed by atoms with E-state index in [4.69, 9.17) is 5.73 Å². The first-order chi connectivity index (χ1) is 10.0. The average molecular weight is 291 g/mol. The molecule has 0 atom stereocenters. The van der Waals surface area contributed by atoms with Gasteiger partial charge in [-0.2, -0.15) is 4.68 Å². The molecule has 0 amide bonds. The van der Waals surface area contributed by atoms with E-state index in [0.717, 1.165) is 22.9 Å². The lowest BCUT2D eigenvalue weighted by Gasteiger charge is -2.06. The van der Waals surface area contributed by atoms with Crippen molar-refractivity contribution in [3.63, 3.8) is 0 Å². The second kappa shape index (κ2) is 4.89. The van der Waals surface area contributed by atoms with Crippen LogP contribution >= 0.6 is 0 Å². The van der Waals surface area contributed by atoms with Gasteiger partial charge < -0.3 is 5.73 Å². The maximum atomic E-state index is 13.4. The molecule has 3 aromatic rings. The molecule has 0 radical (unpaired) electrons.